The van der Waals surface area contributed by atoms with Crippen molar-refractivity contribution < 1.29 is 14.3 Å². The molecule has 2 aromatic heterocycles. The average Bonchev–Trinajstić information content (AvgIpc) is 3.14. The number of amides is 1. The second-order valence-electron chi connectivity index (χ2n) is 8.55. The lowest BCUT2D eigenvalue weighted by molar-refractivity contribution is 0.0950. The van der Waals surface area contributed by atoms with E-state index in [2.05, 4.69) is 10.3 Å². The Kier molecular flexibility index (Phi) is 6.46. The Labute approximate surface area is 203 Å². The molecule has 7 nitrogen and oxygen atoms in total. The van der Waals surface area contributed by atoms with Gasteiger partial charge in [-0.2, -0.15) is 0 Å². The summed E-state index contributed by atoms with van der Waals surface area (Å²) in [5.74, 6) is -0.640. The van der Waals surface area contributed by atoms with Gasteiger partial charge < -0.3 is 25.6 Å². The first-order valence-electron chi connectivity index (χ1n) is 11.1. The van der Waals surface area contributed by atoms with Crippen LogP contribution in [0.3, 0.4) is 0 Å². The maximum absolute atomic E-state index is 14.5. The van der Waals surface area contributed by atoms with Gasteiger partial charge in [0.15, 0.2) is 0 Å². The largest absolute Gasteiger partial charge is 0.507 e. The van der Waals surface area contributed by atoms with E-state index in [9.17, 15) is 14.3 Å². The molecule has 4 N–H and O–H groups in total. The van der Waals surface area contributed by atoms with Gasteiger partial charge in [0.25, 0.3) is 5.91 Å². The molecule has 180 valence electrons. The molecule has 0 aliphatic heterocycles. The van der Waals surface area contributed by atoms with Crippen molar-refractivity contribution >= 4 is 23.1 Å². The number of pyridine rings is 1. The highest BCUT2D eigenvalue weighted by Crippen LogP contribution is 2.35. The minimum absolute atomic E-state index is 0.00490. The SMILES string of the molecule is Cc1ccc(N(C)c2ccc(O)c(-c3ccc(C(=O)NCc4ccc(C)n4C)c(N)n3)c2)c(F)c1. The third-order valence-electron chi connectivity index (χ3n) is 6.18. The molecule has 1 amide bonds. The van der Waals surface area contributed by atoms with Crippen molar-refractivity contribution in [3.05, 3.63) is 89.0 Å². The minimum Gasteiger partial charge on any atom is -0.507 e. The zero-order chi connectivity index (χ0) is 25.3. The predicted octanol–water partition coefficient (Wildman–Crippen LogP) is 4.83. The molecule has 0 atom stereocenters. The molecule has 0 saturated carbocycles. The number of aromatic hydroxyl groups is 1. The van der Waals surface area contributed by atoms with Crippen molar-refractivity contribution in [3.8, 4) is 17.0 Å². The molecule has 0 saturated heterocycles. The number of halogens is 1. The van der Waals surface area contributed by atoms with E-state index in [1.807, 2.05) is 43.7 Å². The van der Waals surface area contributed by atoms with Crippen LogP contribution in [0.15, 0.2) is 60.7 Å². The molecule has 4 aromatic rings. The van der Waals surface area contributed by atoms with Crippen LogP contribution in [-0.2, 0) is 13.6 Å². The molecule has 0 unspecified atom stereocenters. The normalized spacial score (nSPS) is 10.9. The first kappa shape index (κ1) is 23.8. The lowest BCUT2D eigenvalue weighted by Gasteiger charge is -2.21. The molecule has 0 aliphatic carbocycles. The molecule has 0 bridgehead atoms. The van der Waals surface area contributed by atoms with Crippen LogP contribution in [0.2, 0.25) is 0 Å². The van der Waals surface area contributed by atoms with Crippen LogP contribution in [0.4, 0.5) is 21.6 Å². The number of nitrogens with one attached hydrogen (secondary N) is 1. The zero-order valence-electron chi connectivity index (χ0n) is 20.1. The second kappa shape index (κ2) is 9.50. The van der Waals surface area contributed by atoms with Crippen molar-refractivity contribution in [2.75, 3.05) is 17.7 Å². The fraction of sp³-hybridized carbons (Fsp3) is 0.185. The number of aromatic nitrogens is 2. The van der Waals surface area contributed by atoms with Gasteiger partial charge in [0.1, 0.15) is 17.4 Å². The van der Waals surface area contributed by atoms with Gasteiger partial charge in [0.2, 0.25) is 0 Å². The van der Waals surface area contributed by atoms with E-state index >= 15 is 0 Å². The Morgan fingerprint density at radius 3 is 2.54 bits per heavy atom. The molecule has 0 fully saturated rings. The van der Waals surface area contributed by atoms with Crippen molar-refractivity contribution in [1.82, 2.24) is 14.9 Å². The topological polar surface area (TPSA) is 96.4 Å². The Bertz CT molecular complexity index is 1410. The summed E-state index contributed by atoms with van der Waals surface area (Å²) in [7, 11) is 3.68. The Morgan fingerprint density at radius 2 is 1.89 bits per heavy atom. The third-order valence-corrected chi connectivity index (χ3v) is 6.18. The number of anilines is 3. The fourth-order valence-electron chi connectivity index (χ4n) is 3.89. The summed E-state index contributed by atoms with van der Waals surface area (Å²) < 4.78 is 16.5. The minimum atomic E-state index is -0.342. The summed E-state index contributed by atoms with van der Waals surface area (Å²) >= 11 is 0. The number of nitrogens with two attached hydrogens (primary N) is 1. The number of carbonyl (C=O) groups excluding carboxylic acids is 1. The van der Waals surface area contributed by atoms with Crippen LogP contribution >= 0.6 is 0 Å². The van der Waals surface area contributed by atoms with E-state index in [4.69, 9.17) is 5.73 Å². The number of phenolic OH excluding ortho intramolecular Hbond substituents is 1. The van der Waals surface area contributed by atoms with Crippen molar-refractivity contribution in [3.63, 3.8) is 0 Å². The standard InChI is InChI=1S/C27H28FN5O2/c1-16-5-11-24(22(28)13-16)33(4)18-8-12-25(34)21(14-18)23-10-9-20(26(29)31-23)27(35)30-15-19-7-6-17(2)32(19)3/h5-14,34H,15H2,1-4H3,(H2,29,31)(H,30,35). The number of phenols is 1. The second-order valence-corrected chi connectivity index (χ2v) is 8.55. The van der Waals surface area contributed by atoms with Crippen LogP contribution < -0.4 is 16.0 Å². The Balaban J connectivity index is 1.57. The Morgan fingerprint density at radius 1 is 1.11 bits per heavy atom. The monoisotopic (exact) mass is 473 g/mol. The number of hydrogen-bond donors (Lipinski definition) is 3. The maximum atomic E-state index is 14.5. The van der Waals surface area contributed by atoms with Crippen LogP contribution in [0.25, 0.3) is 11.3 Å². The Hall–Kier alpha value is -4.33. The van der Waals surface area contributed by atoms with Gasteiger partial charge in [0.05, 0.1) is 23.5 Å². The molecule has 35 heavy (non-hydrogen) atoms. The van der Waals surface area contributed by atoms with E-state index in [1.165, 1.54) is 12.1 Å². The van der Waals surface area contributed by atoms with Crippen molar-refractivity contribution in [2.45, 2.75) is 20.4 Å². The average molecular weight is 474 g/mol. The van der Waals surface area contributed by atoms with Gasteiger partial charge in [0, 0.05) is 36.7 Å². The molecule has 0 aliphatic rings. The zero-order valence-corrected chi connectivity index (χ0v) is 20.1. The van der Waals surface area contributed by atoms with Crippen molar-refractivity contribution in [1.29, 1.82) is 0 Å². The summed E-state index contributed by atoms with van der Waals surface area (Å²) in [5, 5.41) is 13.3. The molecule has 2 aromatic carbocycles. The van der Waals surface area contributed by atoms with Crippen LogP contribution in [0.1, 0.15) is 27.3 Å². The number of hydrogen-bond acceptors (Lipinski definition) is 5. The highest BCUT2D eigenvalue weighted by atomic mass is 19.1. The van der Waals surface area contributed by atoms with Gasteiger partial charge >= 0.3 is 0 Å². The van der Waals surface area contributed by atoms with E-state index in [-0.39, 0.29) is 28.9 Å². The van der Waals surface area contributed by atoms with E-state index < -0.39 is 0 Å². The lowest BCUT2D eigenvalue weighted by Crippen LogP contribution is -2.25. The smallest absolute Gasteiger partial charge is 0.255 e. The third kappa shape index (κ3) is 4.82. The molecule has 0 spiro atoms. The molecular formula is C27H28FN5O2. The van der Waals surface area contributed by atoms with Crippen LogP contribution in [0.5, 0.6) is 5.75 Å². The highest BCUT2D eigenvalue weighted by Gasteiger charge is 2.17. The first-order chi connectivity index (χ1) is 16.7. The number of nitrogens with zero attached hydrogens (tertiary/aromatic N) is 3. The first-order valence-corrected chi connectivity index (χ1v) is 11.1. The van der Waals surface area contributed by atoms with Gasteiger partial charge in [-0.05, 0) is 74.0 Å². The number of carbonyl (C=O) groups is 1. The number of nitrogen functional groups attached to an aromatic ring is 1. The summed E-state index contributed by atoms with van der Waals surface area (Å²) in [6, 6.07) is 17.1. The van der Waals surface area contributed by atoms with Gasteiger partial charge in [-0.1, -0.05) is 6.07 Å². The molecular weight excluding hydrogens is 445 g/mol. The van der Waals surface area contributed by atoms with Gasteiger partial charge in [-0.15, -0.1) is 0 Å². The maximum Gasteiger partial charge on any atom is 0.255 e. The van der Waals surface area contributed by atoms with E-state index in [1.54, 1.807) is 42.3 Å². The summed E-state index contributed by atoms with van der Waals surface area (Å²) in [6.07, 6.45) is 0. The fourth-order valence-corrected chi connectivity index (χ4v) is 3.89. The van der Waals surface area contributed by atoms with Gasteiger partial charge in [-0.3, -0.25) is 4.79 Å². The van der Waals surface area contributed by atoms with Crippen molar-refractivity contribution in [2.24, 2.45) is 7.05 Å². The van der Waals surface area contributed by atoms with Crippen LogP contribution in [-0.4, -0.2) is 27.6 Å². The number of rotatable bonds is 6. The number of benzene rings is 2. The van der Waals surface area contributed by atoms with Crippen LogP contribution in [0, 0.1) is 19.7 Å². The molecule has 0 radical (unpaired) electrons. The number of aryl methyl sites for hydroxylation is 2. The molecule has 8 heteroatoms. The summed E-state index contributed by atoms with van der Waals surface area (Å²) in [5.41, 5.74) is 11.1. The quantitative estimate of drug-likeness (QED) is 0.373. The summed E-state index contributed by atoms with van der Waals surface area (Å²) in [6.45, 7) is 4.18. The van der Waals surface area contributed by atoms with Gasteiger partial charge in [-0.25, -0.2) is 9.37 Å². The lowest BCUT2D eigenvalue weighted by atomic mass is 10.1. The predicted molar refractivity (Wildman–Crippen MR) is 136 cm³/mol. The molecule has 4 rings (SSSR count). The van der Waals surface area contributed by atoms with E-state index in [0.717, 1.165) is 17.0 Å². The summed E-state index contributed by atoms with van der Waals surface area (Å²) in [4.78, 5) is 18.7. The highest BCUT2D eigenvalue weighted by molar-refractivity contribution is 5.98. The van der Waals surface area contributed by atoms with E-state index in [0.29, 0.717) is 29.2 Å². The molecule has 2 heterocycles.